The summed E-state index contributed by atoms with van der Waals surface area (Å²) in [5.41, 5.74) is 2.24. The van der Waals surface area contributed by atoms with Crippen LogP contribution in [0.4, 0.5) is 0 Å². The second kappa shape index (κ2) is 4.66. The van der Waals surface area contributed by atoms with Crippen molar-refractivity contribution < 1.29 is 0 Å². The lowest BCUT2D eigenvalue weighted by Crippen LogP contribution is -1.88. The molecule has 0 spiro atoms. The number of fused-ring (bicyclic) bond motifs is 3. The fourth-order valence-electron chi connectivity index (χ4n) is 1.67. The fourth-order valence-corrected chi connectivity index (χ4v) is 2.07. The fraction of sp³-hybridized carbons (Fsp3) is 0.154. The molecule has 2 heterocycles. The van der Waals surface area contributed by atoms with Crippen molar-refractivity contribution in [2.45, 2.75) is 13.8 Å². The summed E-state index contributed by atoms with van der Waals surface area (Å²) < 4.78 is 2.81. The molecule has 0 aliphatic rings. The van der Waals surface area contributed by atoms with Crippen molar-refractivity contribution in [3.05, 3.63) is 47.1 Å². The molecule has 0 fully saturated rings. The standard InChI is InChI=1S/C11H7BrN2.C2H6/c12-11-7-9-6-5-8-3-1-2-4-10(8)14(9)13-11;1-2/h1-7H;1-2H3. The Bertz CT molecular complexity index is 613. The first-order chi connectivity index (χ1) is 7.84. The van der Waals surface area contributed by atoms with Gasteiger partial charge in [-0.3, -0.25) is 0 Å². The third-order valence-corrected chi connectivity index (χ3v) is 2.69. The molecule has 3 rings (SSSR count). The first-order valence-corrected chi connectivity index (χ1v) is 6.17. The van der Waals surface area contributed by atoms with E-state index >= 15 is 0 Å². The highest BCUT2D eigenvalue weighted by Gasteiger charge is 2.01. The van der Waals surface area contributed by atoms with Gasteiger partial charge in [0.2, 0.25) is 0 Å². The Hall–Kier alpha value is -1.35. The van der Waals surface area contributed by atoms with Crippen molar-refractivity contribution in [2.24, 2.45) is 0 Å². The number of nitrogens with zero attached hydrogens (tertiary/aromatic N) is 2. The molecule has 0 saturated carbocycles. The zero-order chi connectivity index (χ0) is 11.5. The highest BCUT2D eigenvalue weighted by Crippen LogP contribution is 2.19. The molecule has 3 heteroatoms. The van der Waals surface area contributed by atoms with Gasteiger partial charge < -0.3 is 0 Å². The predicted octanol–water partition coefficient (Wildman–Crippen LogP) is 4.28. The Balaban J connectivity index is 0.000000457. The van der Waals surface area contributed by atoms with Crippen LogP contribution in [0.15, 0.2) is 47.1 Å². The van der Waals surface area contributed by atoms with Crippen LogP contribution in [0.3, 0.4) is 0 Å². The van der Waals surface area contributed by atoms with Gasteiger partial charge in [0.1, 0.15) is 4.60 Å². The van der Waals surface area contributed by atoms with E-state index < -0.39 is 0 Å². The molecular formula is C13H13BrN2. The van der Waals surface area contributed by atoms with E-state index in [1.165, 1.54) is 5.39 Å². The number of hydrogen-bond donors (Lipinski definition) is 0. The van der Waals surface area contributed by atoms with E-state index in [1.807, 2.05) is 36.6 Å². The number of para-hydroxylation sites is 1. The second-order valence-corrected chi connectivity index (χ2v) is 4.01. The zero-order valence-corrected chi connectivity index (χ0v) is 10.9. The summed E-state index contributed by atoms with van der Waals surface area (Å²) in [7, 11) is 0. The van der Waals surface area contributed by atoms with E-state index in [-0.39, 0.29) is 0 Å². The molecule has 2 aromatic heterocycles. The number of aromatic nitrogens is 2. The van der Waals surface area contributed by atoms with Gasteiger partial charge in [-0.15, -0.1) is 0 Å². The smallest absolute Gasteiger partial charge is 0.129 e. The van der Waals surface area contributed by atoms with Crippen LogP contribution < -0.4 is 0 Å². The third kappa shape index (κ3) is 1.83. The van der Waals surface area contributed by atoms with Crippen LogP contribution in [0.2, 0.25) is 0 Å². The summed E-state index contributed by atoms with van der Waals surface area (Å²) in [4.78, 5) is 0. The van der Waals surface area contributed by atoms with E-state index in [2.05, 4.69) is 45.3 Å². The molecular weight excluding hydrogens is 264 g/mol. The van der Waals surface area contributed by atoms with Crippen molar-refractivity contribution in [1.29, 1.82) is 0 Å². The minimum atomic E-state index is 0.869. The second-order valence-electron chi connectivity index (χ2n) is 3.20. The molecule has 82 valence electrons. The van der Waals surface area contributed by atoms with Gasteiger partial charge in [-0.25, -0.2) is 4.52 Å². The van der Waals surface area contributed by atoms with Crippen molar-refractivity contribution >= 4 is 32.3 Å². The molecule has 0 saturated heterocycles. The van der Waals surface area contributed by atoms with Gasteiger partial charge >= 0.3 is 0 Å². The largest absolute Gasteiger partial charge is 0.232 e. The van der Waals surface area contributed by atoms with Crippen LogP contribution in [0, 0.1) is 0 Å². The summed E-state index contributed by atoms with van der Waals surface area (Å²) in [6.45, 7) is 4.00. The topological polar surface area (TPSA) is 17.3 Å². The lowest BCUT2D eigenvalue weighted by atomic mass is 10.2. The number of benzene rings is 1. The number of hydrogen-bond acceptors (Lipinski definition) is 1. The SMILES string of the molecule is Brc1cc2ccc3ccccc3n2n1.CC. The Labute approximate surface area is 103 Å². The maximum atomic E-state index is 4.37. The van der Waals surface area contributed by atoms with Crippen molar-refractivity contribution in [3.8, 4) is 0 Å². The summed E-state index contributed by atoms with van der Waals surface area (Å²) >= 11 is 3.38. The molecule has 0 bridgehead atoms. The molecule has 0 aliphatic carbocycles. The molecule has 1 aromatic carbocycles. The summed E-state index contributed by atoms with van der Waals surface area (Å²) in [6, 6.07) is 14.4. The van der Waals surface area contributed by atoms with Gasteiger partial charge in [0, 0.05) is 5.39 Å². The first kappa shape index (κ1) is 11.1. The van der Waals surface area contributed by atoms with Crippen LogP contribution >= 0.6 is 15.9 Å². The molecule has 3 aromatic rings. The van der Waals surface area contributed by atoms with Gasteiger partial charge in [-0.1, -0.05) is 38.1 Å². The number of halogens is 1. The number of rotatable bonds is 0. The molecule has 0 amide bonds. The van der Waals surface area contributed by atoms with Crippen molar-refractivity contribution in [2.75, 3.05) is 0 Å². The third-order valence-electron chi connectivity index (χ3n) is 2.31. The lowest BCUT2D eigenvalue weighted by Gasteiger charge is -1.99. The minimum absolute atomic E-state index is 0.869. The van der Waals surface area contributed by atoms with E-state index in [0.717, 1.165) is 15.6 Å². The Morgan fingerprint density at radius 1 is 1.06 bits per heavy atom. The van der Waals surface area contributed by atoms with Gasteiger partial charge in [0.05, 0.1) is 11.0 Å². The molecule has 0 aliphatic heterocycles. The molecule has 0 N–H and O–H groups in total. The van der Waals surface area contributed by atoms with Crippen LogP contribution in [-0.2, 0) is 0 Å². The highest BCUT2D eigenvalue weighted by molar-refractivity contribution is 9.10. The van der Waals surface area contributed by atoms with Gasteiger partial charge in [0.15, 0.2) is 0 Å². The maximum Gasteiger partial charge on any atom is 0.129 e. The summed E-state index contributed by atoms with van der Waals surface area (Å²) in [6.07, 6.45) is 0. The van der Waals surface area contributed by atoms with E-state index in [0.29, 0.717) is 0 Å². The number of pyridine rings is 1. The highest BCUT2D eigenvalue weighted by atomic mass is 79.9. The van der Waals surface area contributed by atoms with Crippen molar-refractivity contribution in [1.82, 2.24) is 9.61 Å². The monoisotopic (exact) mass is 276 g/mol. The van der Waals surface area contributed by atoms with Gasteiger partial charge in [-0.05, 0) is 34.1 Å². The van der Waals surface area contributed by atoms with Crippen LogP contribution in [0.1, 0.15) is 13.8 Å². The van der Waals surface area contributed by atoms with E-state index in [4.69, 9.17) is 0 Å². The average molecular weight is 277 g/mol. The molecule has 0 radical (unpaired) electrons. The summed E-state index contributed by atoms with van der Waals surface area (Å²) in [5.74, 6) is 0. The van der Waals surface area contributed by atoms with E-state index in [9.17, 15) is 0 Å². The predicted molar refractivity (Wildman–Crippen MR) is 71.7 cm³/mol. The first-order valence-electron chi connectivity index (χ1n) is 5.38. The van der Waals surface area contributed by atoms with Gasteiger partial charge in [-0.2, -0.15) is 5.10 Å². The van der Waals surface area contributed by atoms with Crippen LogP contribution in [0.25, 0.3) is 16.4 Å². The average Bonchev–Trinajstić information content (AvgIpc) is 2.72. The molecule has 0 atom stereocenters. The molecule has 2 nitrogen and oxygen atoms in total. The van der Waals surface area contributed by atoms with Crippen LogP contribution in [0.5, 0.6) is 0 Å². The quantitative estimate of drug-likeness (QED) is 0.599. The van der Waals surface area contributed by atoms with E-state index in [1.54, 1.807) is 0 Å². The van der Waals surface area contributed by atoms with Crippen LogP contribution in [-0.4, -0.2) is 9.61 Å². The Kier molecular flexibility index (Phi) is 3.25. The molecule has 0 unspecified atom stereocenters. The summed E-state index contributed by atoms with van der Waals surface area (Å²) in [5, 5.41) is 5.58. The Morgan fingerprint density at radius 3 is 2.62 bits per heavy atom. The zero-order valence-electron chi connectivity index (χ0n) is 9.31. The molecule has 16 heavy (non-hydrogen) atoms. The normalized spacial score (nSPS) is 10.2. The lowest BCUT2D eigenvalue weighted by molar-refractivity contribution is 0.988. The van der Waals surface area contributed by atoms with Crippen molar-refractivity contribution in [3.63, 3.8) is 0 Å². The maximum absolute atomic E-state index is 4.37. The minimum Gasteiger partial charge on any atom is -0.232 e. The Morgan fingerprint density at radius 2 is 1.81 bits per heavy atom. The van der Waals surface area contributed by atoms with Gasteiger partial charge in [0.25, 0.3) is 0 Å².